The number of allylic oxidation sites excluding steroid dienone is 1. The van der Waals surface area contributed by atoms with Crippen molar-refractivity contribution >= 4 is 49.4 Å². The average Bonchev–Trinajstić information content (AvgIpc) is 3.80. The lowest BCUT2D eigenvalue weighted by atomic mass is 9.43. The van der Waals surface area contributed by atoms with E-state index in [-0.39, 0.29) is 5.41 Å². The summed E-state index contributed by atoms with van der Waals surface area (Å²) >= 11 is 0. The zero-order valence-electron chi connectivity index (χ0n) is 33.2. The van der Waals surface area contributed by atoms with Crippen molar-refractivity contribution in [2.24, 2.45) is 23.7 Å². The van der Waals surface area contributed by atoms with Crippen molar-refractivity contribution in [1.82, 2.24) is 0 Å². The molecule has 9 aromatic rings. The number of hydrogen-bond donors (Lipinski definition) is 0. The molecular formula is C58H44O. The highest BCUT2D eigenvalue weighted by atomic mass is 16.3. The van der Waals surface area contributed by atoms with E-state index in [4.69, 9.17) is 4.42 Å². The molecule has 0 radical (unpaired) electrons. The van der Waals surface area contributed by atoms with Gasteiger partial charge in [-0.25, -0.2) is 0 Å². The standard InChI is InChI=1S/C58H44O/c1-2-10-43-37(9-1)21-25-50-51-32-40(23-26-52(51)58(57(43)50)41-28-34-27-35(30-41)31-42(58)29-34)56-48-14-5-3-12-46(48)55(47-13-4-6-15-49(47)56)38-19-17-36(18-20-38)39-22-24-45-44-11-7-8-16-53(44)59-54(45)33-39/h1-7,9-15,17-26,32-35,41-42H,8,16,27-31H2. The molecule has 15 rings (SSSR count). The fourth-order valence-corrected chi connectivity index (χ4v) is 13.8. The molecule has 1 nitrogen and oxygen atoms in total. The molecule has 6 aliphatic rings. The van der Waals surface area contributed by atoms with Gasteiger partial charge >= 0.3 is 0 Å². The molecule has 0 saturated heterocycles. The zero-order valence-corrected chi connectivity index (χ0v) is 33.2. The van der Waals surface area contributed by atoms with Crippen LogP contribution in [-0.2, 0) is 11.8 Å². The van der Waals surface area contributed by atoms with Gasteiger partial charge in [0.2, 0.25) is 0 Å². The number of aryl methyl sites for hydroxylation is 1. The molecule has 8 aromatic carbocycles. The van der Waals surface area contributed by atoms with Crippen molar-refractivity contribution in [1.29, 1.82) is 0 Å². The molecular weight excluding hydrogens is 713 g/mol. The molecule has 0 aliphatic heterocycles. The van der Waals surface area contributed by atoms with E-state index in [0.29, 0.717) is 0 Å². The minimum Gasteiger partial charge on any atom is -0.460 e. The molecule has 1 aromatic heterocycles. The Morgan fingerprint density at radius 3 is 1.80 bits per heavy atom. The third-order valence-electron chi connectivity index (χ3n) is 15.9. The van der Waals surface area contributed by atoms with E-state index in [9.17, 15) is 0 Å². The predicted octanol–water partition coefficient (Wildman–Crippen LogP) is 15.6. The van der Waals surface area contributed by atoms with Crippen LogP contribution < -0.4 is 0 Å². The summed E-state index contributed by atoms with van der Waals surface area (Å²) < 4.78 is 6.35. The lowest BCUT2D eigenvalue weighted by Gasteiger charge is -2.61. The van der Waals surface area contributed by atoms with Gasteiger partial charge in [-0.1, -0.05) is 140 Å². The van der Waals surface area contributed by atoms with Crippen LogP contribution >= 0.6 is 0 Å². The van der Waals surface area contributed by atoms with Gasteiger partial charge in [0, 0.05) is 22.8 Å². The number of hydrogen-bond acceptors (Lipinski definition) is 1. The van der Waals surface area contributed by atoms with Gasteiger partial charge in [-0.3, -0.25) is 0 Å². The number of rotatable bonds is 3. The average molecular weight is 757 g/mol. The maximum atomic E-state index is 6.35. The largest absolute Gasteiger partial charge is 0.460 e. The minimum absolute atomic E-state index is 0.123. The fraction of sp³-hybridized carbons (Fsp3) is 0.207. The van der Waals surface area contributed by atoms with Crippen LogP contribution in [0.2, 0.25) is 0 Å². The topological polar surface area (TPSA) is 13.1 Å². The molecule has 59 heavy (non-hydrogen) atoms. The van der Waals surface area contributed by atoms with Crippen molar-refractivity contribution < 1.29 is 4.42 Å². The summed E-state index contributed by atoms with van der Waals surface area (Å²) in [6.07, 6.45) is 13.6. The Hall–Kier alpha value is -6.18. The van der Waals surface area contributed by atoms with E-state index in [1.54, 1.807) is 11.1 Å². The molecule has 4 saturated carbocycles. The summed E-state index contributed by atoms with van der Waals surface area (Å²) in [4.78, 5) is 0. The molecule has 0 atom stereocenters. The lowest BCUT2D eigenvalue weighted by molar-refractivity contribution is -0.0393. The van der Waals surface area contributed by atoms with Crippen molar-refractivity contribution in [3.05, 3.63) is 174 Å². The van der Waals surface area contributed by atoms with Gasteiger partial charge in [-0.2, -0.15) is 0 Å². The van der Waals surface area contributed by atoms with Crippen molar-refractivity contribution in [3.63, 3.8) is 0 Å². The maximum Gasteiger partial charge on any atom is 0.135 e. The van der Waals surface area contributed by atoms with Gasteiger partial charge in [-0.15, -0.1) is 0 Å². The molecule has 282 valence electrons. The van der Waals surface area contributed by atoms with Crippen molar-refractivity contribution in [3.8, 4) is 44.5 Å². The first-order chi connectivity index (χ1) is 29.2. The number of fused-ring (bicyclic) bond motifs is 10. The molecule has 4 bridgehead atoms. The van der Waals surface area contributed by atoms with Gasteiger partial charge in [0.05, 0.1) is 0 Å². The molecule has 1 heteroatoms. The highest BCUT2D eigenvalue weighted by molar-refractivity contribution is 6.21. The zero-order chi connectivity index (χ0) is 38.4. The summed E-state index contributed by atoms with van der Waals surface area (Å²) in [5.74, 6) is 4.43. The Bertz CT molecular complexity index is 3200. The Balaban J connectivity index is 0.936. The van der Waals surface area contributed by atoms with E-state index in [1.165, 1.54) is 120 Å². The first-order valence-electron chi connectivity index (χ1n) is 22.1. The van der Waals surface area contributed by atoms with Crippen LogP contribution in [0.3, 0.4) is 0 Å². The quantitative estimate of drug-likeness (QED) is 0.164. The smallest absolute Gasteiger partial charge is 0.135 e. The monoisotopic (exact) mass is 756 g/mol. The van der Waals surface area contributed by atoms with E-state index < -0.39 is 0 Å². The second kappa shape index (κ2) is 12.0. The molecule has 0 unspecified atom stereocenters. The number of furan rings is 1. The van der Waals surface area contributed by atoms with Gasteiger partial charge in [-0.05, 0) is 168 Å². The third-order valence-corrected chi connectivity index (χ3v) is 15.9. The van der Waals surface area contributed by atoms with E-state index in [2.05, 4.69) is 158 Å². The van der Waals surface area contributed by atoms with Crippen LogP contribution in [0.15, 0.2) is 156 Å². The maximum absolute atomic E-state index is 6.35. The Morgan fingerprint density at radius 2 is 1.08 bits per heavy atom. The first kappa shape index (κ1) is 32.7. The van der Waals surface area contributed by atoms with E-state index in [0.717, 1.165) is 47.9 Å². The normalized spacial score (nSPS) is 23.5. The molecule has 0 N–H and O–H groups in total. The molecule has 1 spiro atoms. The lowest BCUT2D eigenvalue weighted by Crippen LogP contribution is -2.55. The van der Waals surface area contributed by atoms with Crippen LogP contribution in [0.5, 0.6) is 0 Å². The Labute approximate surface area is 345 Å². The Kier molecular flexibility index (Phi) is 6.63. The Morgan fingerprint density at radius 1 is 0.475 bits per heavy atom. The third kappa shape index (κ3) is 4.41. The second-order valence-corrected chi connectivity index (χ2v) is 18.7. The minimum atomic E-state index is 0.123. The van der Waals surface area contributed by atoms with Crippen molar-refractivity contribution in [2.45, 2.75) is 50.4 Å². The van der Waals surface area contributed by atoms with Gasteiger partial charge in [0.1, 0.15) is 11.3 Å². The van der Waals surface area contributed by atoms with Crippen molar-refractivity contribution in [2.75, 3.05) is 0 Å². The summed E-state index contributed by atoms with van der Waals surface area (Å²) in [7, 11) is 0. The molecule has 0 amide bonds. The predicted molar refractivity (Wildman–Crippen MR) is 246 cm³/mol. The van der Waals surface area contributed by atoms with Crippen LogP contribution in [0.4, 0.5) is 0 Å². The van der Waals surface area contributed by atoms with Gasteiger partial charge in [0.15, 0.2) is 0 Å². The van der Waals surface area contributed by atoms with Crippen LogP contribution in [0.1, 0.15) is 61.0 Å². The van der Waals surface area contributed by atoms with Crippen LogP contribution in [-0.4, -0.2) is 0 Å². The number of benzene rings is 8. The van der Waals surface area contributed by atoms with Gasteiger partial charge in [0.25, 0.3) is 0 Å². The highest BCUT2D eigenvalue weighted by Crippen LogP contribution is 2.70. The first-order valence-corrected chi connectivity index (χ1v) is 22.1. The summed E-state index contributed by atoms with van der Waals surface area (Å²) in [6.45, 7) is 0. The highest BCUT2D eigenvalue weighted by Gasteiger charge is 2.62. The van der Waals surface area contributed by atoms with Crippen LogP contribution in [0.25, 0.3) is 93.9 Å². The summed E-state index contributed by atoms with van der Waals surface area (Å²) in [6, 6.07) is 56.1. The second-order valence-electron chi connectivity index (χ2n) is 18.7. The fourth-order valence-electron chi connectivity index (χ4n) is 13.8. The van der Waals surface area contributed by atoms with E-state index >= 15 is 0 Å². The summed E-state index contributed by atoms with van der Waals surface area (Å²) in [5.41, 5.74) is 16.2. The summed E-state index contributed by atoms with van der Waals surface area (Å²) in [5, 5.41) is 9.31. The molecule has 1 heterocycles. The SMILES string of the molecule is C1=Cc2c(oc3cc(-c4ccc(-c5c6ccccc6c(-c6ccc7c(c6)-c6ccc8ccccc8c6C76C7CC8CC(C7)CC6C8)c6ccccc56)cc4)ccc23)CC1. The molecule has 6 aliphatic carbocycles. The van der Waals surface area contributed by atoms with E-state index in [1.807, 2.05) is 0 Å². The van der Waals surface area contributed by atoms with Gasteiger partial charge < -0.3 is 4.42 Å². The molecule has 4 fully saturated rings. The van der Waals surface area contributed by atoms with Crippen LogP contribution in [0, 0.1) is 23.7 Å².